The van der Waals surface area contributed by atoms with E-state index in [1.807, 2.05) is 19.9 Å². The van der Waals surface area contributed by atoms with Gasteiger partial charge in [-0.15, -0.1) is 12.3 Å². The number of hydrogen-bond donors (Lipinski definition) is 1. The lowest BCUT2D eigenvalue weighted by molar-refractivity contribution is -0.0991. The maximum atomic E-state index is 8.98. The molecule has 0 aliphatic carbocycles. The highest BCUT2D eigenvalue weighted by atomic mass is 16.6. The van der Waals surface area contributed by atoms with Gasteiger partial charge in [-0.3, -0.25) is 0 Å². The molecule has 0 aromatic heterocycles. The summed E-state index contributed by atoms with van der Waals surface area (Å²) in [5.41, 5.74) is 0. The number of allylic oxidation sites excluding steroid dienone is 3. The predicted octanol–water partition coefficient (Wildman–Crippen LogP) is 3.89. The van der Waals surface area contributed by atoms with Crippen LogP contribution >= 0.6 is 0 Å². The Bertz CT molecular complexity index is 298. The van der Waals surface area contributed by atoms with E-state index in [1.165, 1.54) is 0 Å². The fourth-order valence-electron chi connectivity index (χ4n) is 1.23. The normalized spacial score (nSPS) is 14.2. The van der Waals surface area contributed by atoms with Crippen LogP contribution in [0.25, 0.3) is 0 Å². The molecule has 20 heavy (non-hydrogen) atoms. The standard InChI is InChI=1S/C14H26O3.C3H4/c1-5-7-8-9-14(6-2)17-11-12(3)10-16-13(4)15;1-3-2/h6-8,12-13,15H,5,9-11H2,1-4H3;1H,2H3/b8-7-,14-6+;. The zero-order chi connectivity index (χ0) is 15.8. The molecule has 0 bridgehead atoms. The van der Waals surface area contributed by atoms with Crippen molar-refractivity contribution < 1.29 is 14.6 Å². The third-order valence-corrected chi connectivity index (χ3v) is 2.22. The number of rotatable bonds is 9. The van der Waals surface area contributed by atoms with Crippen LogP contribution in [0.15, 0.2) is 24.0 Å². The van der Waals surface area contributed by atoms with Crippen LogP contribution < -0.4 is 0 Å². The Balaban J connectivity index is 0. The summed E-state index contributed by atoms with van der Waals surface area (Å²) in [7, 11) is 0. The Morgan fingerprint density at radius 1 is 1.30 bits per heavy atom. The summed E-state index contributed by atoms with van der Waals surface area (Å²) in [5, 5.41) is 8.98. The van der Waals surface area contributed by atoms with Crippen LogP contribution in [0.3, 0.4) is 0 Å². The Morgan fingerprint density at radius 2 is 1.90 bits per heavy atom. The van der Waals surface area contributed by atoms with Gasteiger partial charge in [0.15, 0.2) is 6.29 Å². The molecule has 0 saturated heterocycles. The van der Waals surface area contributed by atoms with Crippen molar-refractivity contribution in [2.75, 3.05) is 13.2 Å². The summed E-state index contributed by atoms with van der Waals surface area (Å²) in [6.45, 7) is 10.5. The molecule has 1 N–H and O–H groups in total. The molecule has 0 amide bonds. The Kier molecular flexibility index (Phi) is 16.7. The number of aliphatic hydroxyl groups excluding tert-OH is 1. The van der Waals surface area contributed by atoms with Crippen molar-refractivity contribution in [1.82, 2.24) is 0 Å². The minimum Gasteiger partial charge on any atom is -0.498 e. The van der Waals surface area contributed by atoms with E-state index in [9.17, 15) is 0 Å². The molecule has 116 valence electrons. The van der Waals surface area contributed by atoms with Gasteiger partial charge in [0, 0.05) is 12.3 Å². The van der Waals surface area contributed by atoms with Crippen molar-refractivity contribution in [3.05, 3.63) is 24.0 Å². The first-order valence-corrected chi connectivity index (χ1v) is 7.11. The molecule has 0 aliphatic heterocycles. The smallest absolute Gasteiger partial charge is 0.151 e. The van der Waals surface area contributed by atoms with Crippen molar-refractivity contribution in [3.63, 3.8) is 0 Å². The van der Waals surface area contributed by atoms with Crippen molar-refractivity contribution in [2.24, 2.45) is 5.92 Å². The van der Waals surface area contributed by atoms with Gasteiger partial charge in [0.2, 0.25) is 0 Å². The monoisotopic (exact) mass is 282 g/mol. The molecule has 0 fully saturated rings. The van der Waals surface area contributed by atoms with Gasteiger partial charge in [0.1, 0.15) is 0 Å². The fraction of sp³-hybridized carbons (Fsp3) is 0.647. The molecule has 0 heterocycles. The Morgan fingerprint density at radius 3 is 2.35 bits per heavy atom. The van der Waals surface area contributed by atoms with E-state index in [0.717, 1.165) is 18.6 Å². The van der Waals surface area contributed by atoms with Crippen LogP contribution in [0.2, 0.25) is 0 Å². The van der Waals surface area contributed by atoms with E-state index in [0.29, 0.717) is 13.2 Å². The number of ether oxygens (including phenoxy) is 2. The van der Waals surface area contributed by atoms with Gasteiger partial charge in [-0.1, -0.05) is 26.0 Å². The van der Waals surface area contributed by atoms with Gasteiger partial charge in [-0.25, -0.2) is 0 Å². The molecule has 3 heteroatoms. The molecule has 2 unspecified atom stereocenters. The maximum absolute atomic E-state index is 8.98. The highest BCUT2D eigenvalue weighted by molar-refractivity contribution is 4.99. The van der Waals surface area contributed by atoms with Gasteiger partial charge in [-0.2, -0.15) is 0 Å². The number of hydrogen-bond acceptors (Lipinski definition) is 3. The Labute approximate surface area is 124 Å². The van der Waals surface area contributed by atoms with Crippen LogP contribution in [0.5, 0.6) is 0 Å². The van der Waals surface area contributed by atoms with E-state index < -0.39 is 6.29 Å². The molecule has 3 nitrogen and oxygen atoms in total. The number of aliphatic hydroxyl groups is 1. The third-order valence-electron chi connectivity index (χ3n) is 2.22. The summed E-state index contributed by atoms with van der Waals surface area (Å²) in [4.78, 5) is 0. The first kappa shape index (κ1) is 21.1. The minimum absolute atomic E-state index is 0.273. The van der Waals surface area contributed by atoms with E-state index >= 15 is 0 Å². The summed E-state index contributed by atoms with van der Waals surface area (Å²) >= 11 is 0. The molecular weight excluding hydrogens is 252 g/mol. The Hall–Kier alpha value is -1.24. The van der Waals surface area contributed by atoms with Gasteiger partial charge in [0.25, 0.3) is 0 Å². The SMILES string of the molecule is C#CC.C/C=C(\C/C=C\CC)OCC(C)COC(C)O. The molecule has 0 aromatic carbocycles. The minimum atomic E-state index is -0.703. The molecule has 2 atom stereocenters. The summed E-state index contributed by atoms with van der Waals surface area (Å²) in [6.07, 6.45) is 12.0. The van der Waals surface area contributed by atoms with E-state index in [-0.39, 0.29) is 5.92 Å². The number of terminal acetylenes is 1. The van der Waals surface area contributed by atoms with Crippen molar-refractivity contribution in [3.8, 4) is 12.3 Å². The molecule has 0 rings (SSSR count). The van der Waals surface area contributed by atoms with E-state index in [2.05, 4.69) is 31.4 Å². The lowest BCUT2D eigenvalue weighted by Crippen LogP contribution is -2.17. The molecule has 0 aromatic rings. The second-order valence-corrected chi connectivity index (χ2v) is 4.48. The predicted molar refractivity (Wildman–Crippen MR) is 85.1 cm³/mol. The lowest BCUT2D eigenvalue weighted by atomic mass is 10.2. The van der Waals surface area contributed by atoms with Crippen LogP contribution in [-0.4, -0.2) is 24.6 Å². The summed E-state index contributed by atoms with van der Waals surface area (Å²) in [6, 6.07) is 0. The fourth-order valence-corrected chi connectivity index (χ4v) is 1.23. The first-order chi connectivity index (χ1) is 9.51. The molecular formula is C17H30O3. The topological polar surface area (TPSA) is 38.7 Å². The second kappa shape index (κ2) is 15.8. The highest BCUT2D eigenvalue weighted by Crippen LogP contribution is 2.08. The zero-order valence-corrected chi connectivity index (χ0v) is 13.6. The zero-order valence-electron chi connectivity index (χ0n) is 13.6. The maximum Gasteiger partial charge on any atom is 0.151 e. The largest absolute Gasteiger partial charge is 0.498 e. The highest BCUT2D eigenvalue weighted by Gasteiger charge is 2.06. The van der Waals surface area contributed by atoms with Crippen LogP contribution in [0.1, 0.15) is 47.5 Å². The molecule has 0 aliphatic rings. The average Bonchev–Trinajstić information content (AvgIpc) is 2.41. The van der Waals surface area contributed by atoms with Crippen LogP contribution in [0, 0.1) is 18.3 Å². The lowest BCUT2D eigenvalue weighted by Gasteiger charge is -2.15. The van der Waals surface area contributed by atoms with E-state index in [1.54, 1.807) is 13.8 Å². The van der Waals surface area contributed by atoms with Gasteiger partial charge in [-0.05, 0) is 33.3 Å². The average molecular weight is 282 g/mol. The van der Waals surface area contributed by atoms with Crippen LogP contribution in [0.4, 0.5) is 0 Å². The third kappa shape index (κ3) is 16.8. The molecule has 0 spiro atoms. The van der Waals surface area contributed by atoms with E-state index in [4.69, 9.17) is 14.6 Å². The van der Waals surface area contributed by atoms with Crippen molar-refractivity contribution in [1.29, 1.82) is 0 Å². The van der Waals surface area contributed by atoms with Crippen LogP contribution in [-0.2, 0) is 9.47 Å². The molecule has 0 saturated carbocycles. The van der Waals surface area contributed by atoms with Crippen molar-refractivity contribution in [2.45, 2.75) is 53.8 Å². The quantitative estimate of drug-likeness (QED) is 0.302. The summed E-state index contributed by atoms with van der Waals surface area (Å²) in [5.74, 6) is 3.51. The second-order valence-electron chi connectivity index (χ2n) is 4.48. The van der Waals surface area contributed by atoms with Gasteiger partial charge < -0.3 is 14.6 Å². The van der Waals surface area contributed by atoms with Crippen molar-refractivity contribution >= 4 is 0 Å². The first-order valence-electron chi connectivity index (χ1n) is 7.11. The summed E-state index contributed by atoms with van der Waals surface area (Å²) < 4.78 is 10.8. The van der Waals surface area contributed by atoms with Gasteiger partial charge >= 0.3 is 0 Å². The van der Waals surface area contributed by atoms with Gasteiger partial charge in [0.05, 0.1) is 19.0 Å². The molecule has 0 radical (unpaired) electrons.